The fourth-order valence-electron chi connectivity index (χ4n) is 1.92. The van der Waals surface area contributed by atoms with Crippen molar-refractivity contribution in [1.82, 2.24) is 5.32 Å². The largest absolute Gasteiger partial charge is 0.346 e. The number of nitrogens with one attached hydrogen (secondary N) is 1. The maximum Gasteiger partial charge on any atom is 0.346 e. The van der Waals surface area contributed by atoms with Crippen LogP contribution < -0.4 is 5.32 Å². The lowest BCUT2D eigenvalue weighted by Crippen LogP contribution is -2.21. The van der Waals surface area contributed by atoms with Gasteiger partial charge in [-0.1, -0.05) is 35.9 Å². The van der Waals surface area contributed by atoms with E-state index in [-0.39, 0.29) is 12.4 Å². The first-order valence-electron chi connectivity index (χ1n) is 6.15. The Labute approximate surface area is 126 Å². The zero-order valence-electron chi connectivity index (χ0n) is 10.9. The molecule has 0 spiro atoms. The summed E-state index contributed by atoms with van der Waals surface area (Å²) in [4.78, 5) is 19.0. The van der Waals surface area contributed by atoms with Crippen molar-refractivity contribution >= 4 is 19.2 Å². The molecule has 0 fully saturated rings. The summed E-state index contributed by atoms with van der Waals surface area (Å²) in [6.45, 7) is 0.197. The molecule has 0 saturated heterocycles. The van der Waals surface area contributed by atoms with Gasteiger partial charge in [-0.05, 0) is 35.4 Å². The maximum atomic E-state index is 12.8. The molecule has 4 nitrogen and oxygen atoms in total. The van der Waals surface area contributed by atoms with Gasteiger partial charge in [-0.25, -0.2) is 4.39 Å². The van der Waals surface area contributed by atoms with Gasteiger partial charge in [0.2, 0.25) is 0 Å². The summed E-state index contributed by atoms with van der Waals surface area (Å²) in [6, 6.07) is 12.0. The van der Waals surface area contributed by atoms with E-state index < -0.39 is 13.4 Å². The van der Waals surface area contributed by atoms with Crippen LogP contribution in [0.4, 0.5) is 4.39 Å². The van der Waals surface area contributed by atoms with Gasteiger partial charge < -0.3 is 9.79 Å². The van der Waals surface area contributed by atoms with Crippen molar-refractivity contribution in [1.29, 1.82) is 0 Å². The van der Waals surface area contributed by atoms with Crippen LogP contribution in [-0.4, -0.2) is 9.79 Å². The van der Waals surface area contributed by atoms with Crippen molar-refractivity contribution in [2.24, 2.45) is 0 Å². The minimum atomic E-state index is -4.41. The molecule has 2 rings (SSSR count). The molecular weight excluding hydrogens is 316 g/mol. The maximum absolute atomic E-state index is 12.8. The predicted octanol–water partition coefficient (Wildman–Crippen LogP) is 3.45. The predicted molar refractivity (Wildman–Crippen MR) is 79.5 cm³/mol. The summed E-state index contributed by atoms with van der Waals surface area (Å²) in [7, 11) is -4.41. The van der Waals surface area contributed by atoms with Crippen LogP contribution >= 0.6 is 19.2 Å². The Bertz CT molecular complexity index is 660. The van der Waals surface area contributed by atoms with Gasteiger partial charge in [0.1, 0.15) is 11.6 Å². The van der Waals surface area contributed by atoms with Crippen LogP contribution in [0.2, 0.25) is 5.02 Å². The van der Waals surface area contributed by atoms with Crippen LogP contribution in [0.3, 0.4) is 0 Å². The van der Waals surface area contributed by atoms with Gasteiger partial charge >= 0.3 is 7.60 Å². The number of benzene rings is 2. The zero-order chi connectivity index (χ0) is 15.5. The fraction of sp³-hybridized carbons (Fsp3) is 0.143. The molecule has 0 saturated carbocycles. The van der Waals surface area contributed by atoms with Crippen molar-refractivity contribution in [2.45, 2.75) is 12.3 Å². The third-order valence-corrected chi connectivity index (χ3v) is 4.30. The highest BCUT2D eigenvalue weighted by Crippen LogP contribution is 2.50. The molecule has 3 N–H and O–H groups in total. The third-order valence-electron chi connectivity index (χ3n) is 2.91. The Morgan fingerprint density at radius 1 is 1.19 bits per heavy atom. The second-order valence-electron chi connectivity index (χ2n) is 4.55. The molecule has 1 unspecified atom stereocenters. The number of hydrogen-bond donors (Lipinski definition) is 3. The van der Waals surface area contributed by atoms with Gasteiger partial charge in [-0.2, -0.15) is 0 Å². The minimum Gasteiger partial charge on any atom is -0.323 e. The van der Waals surface area contributed by atoms with Crippen LogP contribution in [0.5, 0.6) is 0 Å². The van der Waals surface area contributed by atoms with Crippen molar-refractivity contribution in [3.05, 3.63) is 70.5 Å². The van der Waals surface area contributed by atoms with E-state index in [0.717, 1.165) is 5.56 Å². The summed E-state index contributed by atoms with van der Waals surface area (Å²) in [5.41, 5.74) is 1.12. The van der Waals surface area contributed by atoms with E-state index in [4.69, 9.17) is 11.6 Å². The molecule has 0 aliphatic heterocycles. The molecule has 1 atom stereocenters. The molecule has 112 valence electrons. The van der Waals surface area contributed by atoms with E-state index in [9.17, 15) is 18.7 Å². The molecule has 0 aliphatic carbocycles. The third kappa shape index (κ3) is 4.63. The summed E-state index contributed by atoms with van der Waals surface area (Å²) < 4.78 is 24.5. The van der Waals surface area contributed by atoms with Gasteiger partial charge in [0.05, 0.1) is 0 Å². The summed E-state index contributed by atoms with van der Waals surface area (Å²) in [5, 5.41) is 3.19. The van der Waals surface area contributed by atoms with Crippen LogP contribution in [0.25, 0.3) is 0 Å². The quantitative estimate of drug-likeness (QED) is 0.735. The molecule has 0 aliphatic rings. The fourth-order valence-corrected chi connectivity index (χ4v) is 3.00. The highest BCUT2D eigenvalue weighted by atomic mass is 35.5. The highest BCUT2D eigenvalue weighted by Gasteiger charge is 2.30. The number of halogens is 2. The molecule has 7 heteroatoms. The lowest BCUT2D eigenvalue weighted by molar-refractivity contribution is 0.347. The topological polar surface area (TPSA) is 69.6 Å². The second-order valence-corrected chi connectivity index (χ2v) is 6.69. The van der Waals surface area contributed by atoms with Crippen LogP contribution in [0, 0.1) is 5.82 Å². The molecule has 0 radical (unpaired) electrons. The molecule has 2 aromatic carbocycles. The van der Waals surface area contributed by atoms with Crippen molar-refractivity contribution in [2.75, 3.05) is 0 Å². The van der Waals surface area contributed by atoms with E-state index in [1.165, 1.54) is 18.2 Å². The molecule has 0 heterocycles. The Morgan fingerprint density at radius 3 is 2.43 bits per heavy atom. The minimum absolute atomic E-state index is 0.197. The molecule has 21 heavy (non-hydrogen) atoms. The first kappa shape index (κ1) is 16.1. The zero-order valence-corrected chi connectivity index (χ0v) is 12.6. The molecular formula is C14H14ClFNO3P. The normalized spacial score (nSPS) is 13.1. The molecule has 2 aromatic rings. The SMILES string of the molecule is O=P(O)(O)C(NCc1ccc(F)cc1)c1cccc(Cl)c1. The van der Waals surface area contributed by atoms with E-state index in [0.29, 0.717) is 10.6 Å². The molecule has 0 aromatic heterocycles. The van der Waals surface area contributed by atoms with E-state index in [1.807, 2.05) is 0 Å². The van der Waals surface area contributed by atoms with Crippen LogP contribution in [-0.2, 0) is 11.1 Å². The Balaban J connectivity index is 2.18. The lowest BCUT2D eigenvalue weighted by atomic mass is 10.2. The van der Waals surface area contributed by atoms with Crippen LogP contribution in [0.1, 0.15) is 16.9 Å². The van der Waals surface area contributed by atoms with Crippen molar-refractivity contribution < 1.29 is 18.7 Å². The monoisotopic (exact) mass is 329 g/mol. The smallest absolute Gasteiger partial charge is 0.323 e. The summed E-state index contributed by atoms with van der Waals surface area (Å²) >= 11 is 5.85. The summed E-state index contributed by atoms with van der Waals surface area (Å²) in [6.07, 6.45) is 0. The van der Waals surface area contributed by atoms with Crippen molar-refractivity contribution in [3.8, 4) is 0 Å². The van der Waals surface area contributed by atoms with E-state index >= 15 is 0 Å². The number of rotatable bonds is 5. The molecule has 0 bridgehead atoms. The van der Waals surface area contributed by atoms with Crippen LogP contribution in [0.15, 0.2) is 48.5 Å². The van der Waals surface area contributed by atoms with Gasteiger partial charge in [0.25, 0.3) is 0 Å². The van der Waals surface area contributed by atoms with E-state index in [2.05, 4.69) is 5.32 Å². The van der Waals surface area contributed by atoms with Gasteiger partial charge in [0, 0.05) is 11.6 Å². The van der Waals surface area contributed by atoms with Crippen molar-refractivity contribution in [3.63, 3.8) is 0 Å². The highest BCUT2D eigenvalue weighted by molar-refractivity contribution is 7.52. The second kappa shape index (κ2) is 6.69. The average Bonchev–Trinajstić information content (AvgIpc) is 2.40. The van der Waals surface area contributed by atoms with Gasteiger partial charge in [-0.15, -0.1) is 0 Å². The first-order chi connectivity index (χ1) is 9.86. The molecule has 0 amide bonds. The Hall–Kier alpha value is -1.23. The Kier molecular flexibility index (Phi) is 5.14. The van der Waals surface area contributed by atoms with Gasteiger partial charge in [-0.3, -0.25) is 9.88 Å². The average molecular weight is 330 g/mol. The Morgan fingerprint density at radius 2 is 1.86 bits per heavy atom. The standard InChI is InChI=1S/C14H14ClFNO3P/c15-12-3-1-2-11(8-12)14(21(18,19)20)17-9-10-4-6-13(16)7-5-10/h1-8,14,17H,9H2,(H2,18,19,20). The van der Waals surface area contributed by atoms with Gasteiger partial charge in [0.15, 0.2) is 0 Å². The van der Waals surface area contributed by atoms with E-state index in [1.54, 1.807) is 30.3 Å². The first-order valence-corrected chi connectivity index (χ1v) is 8.21. The summed E-state index contributed by atoms with van der Waals surface area (Å²) in [5.74, 6) is -1.53. The lowest BCUT2D eigenvalue weighted by Gasteiger charge is -2.20. The number of hydrogen-bond acceptors (Lipinski definition) is 2.